The monoisotopic (exact) mass is 269 g/mol. The average Bonchev–Trinajstić information content (AvgIpc) is 2.13. The van der Waals surface area contributed by atoms with Crippen LogP contribution >= 0.6 is 0 Å². The van der Waals surface area contributed by atoms with Gasteiger partial charge in [0.05, 0.1) is 12.0 Å². The summed E-state index contributed by atoms with van der Waals surface area (Å²) >= 11 is 0. The van der Waals surface area contributed by atoms with Gasteiger partial charge in [-0.25, -0.2) is 8.78 Å². The van der Waals surface area contributed by atoms with E-state index in [-0.39, 0.29) is 0 Å². The summed E-state index contributed by atoms with van der Waals surface area (Å²) in [7, 11) is 0. The van der Waals surface area contributed by atoms with Crippen molar-refractivity contribution in [3.8, 4) is 0 Å². The third-order valence-corrected chi connectivity index (χ3v) is 2.27. The Hall–Kier alpha value is -1.73. The van der Waals surface area contributed by atoms with Crippen LogP contribution in [0.15, 0.2) is 6.20 Å². The normalized spacial score (nSPS) is 11.9. The number of alkyl halides is 5. The molecule has 0 fully saturated rings. The lowest BCUT2D eigenvalue weighted by Crippen LogP contribution is -2.17. The van der Waals surface area contributed by atoms with Gasteiger partial charge in [0.2, 0.25) is 0 Å². The number of carboxylic acids is 1. The van der Waals surface area contributed by atoms with Gasteiger partial charge in [0.15, 0.2) is 0 Å². The molecular weight excluding hydrogens is 261 g/mol. The summed E-state index contributed by atoms with van der Waals surface area (Å²) in [5.74, 6) is -1.49. The van der Waals surface area contributed by atoms with Gasteiger partial charge >= 0.3 is 12.1 Å². The molecule has 0 aliphatic heterocycles. The van der Waals surface area contributed by atoms with E-state index in [1.54, 1.807) is 0 Å². The first-order valence-electron chi connectivity index (χ1n) is 4.70. The minimum atomic E-state index is -4.90. The molecule has 1 aromatic rings. The lowest BCUT2D eigenvalue weighted by atomic mass is 9.99. The van der Waals surface area contributed by atoms with Crippen molar-refractivity contribution in [1.82, 2.24) is 4.98 Å². The van der Waals surface area contributed by atoms with Gasteiger partial charge in [-0.1, -0.05) is 0 Å². The van der Waals surface area contributed by atoms with Gasteiger partial charge in [0.1, 0.15) is 5.69 Å². The Balaban J connectivity index is 3.47. The van der Waals surface area contributed by atoms with Crippen LogP contribution in [-0.2, 0) is 17.4 Å². The number of carboxylic acid groups (broad SMARTS) is 1. The molecule has 3 nitrogen and oxygen atoms in total. The highest BCUT2D eigenvalue weighted by Crippen LogP contribution is 2.37. The van der Waals surface area contributed by atoms with E-state index in [0.717, 1.165) is 6.92 Å². The van der Waals surface area contributed by atoms with Crippen LogP contribution < -0.4 is 0 Å². The Kier molecular flexibility index (Phi) is 3.88. The third-order valence-electron chi connectivity index (χ3n) is 2.27. The largest absolute Gasteiger partial charge is 0.481 e. The summed E-state index contributed by atoms with van der Waals surface area (Å²) < 4.78 is 63.1. The van der Waals surface area contributed by atoms with Gasteiger partial charge in [-0.15, -0.1) is 0 Å². The summed E-state index contributed by atoms with van der Waals surface area (Å²) in [4.78, 5) is 13.6. The van der Waals surface area contributed by atoms with Gasteiger partial charge in [0.25, 0.3) is 6.43 Å². The van der Waals surface area contributed by atoms with E-state index in [9.17, 15) is 26.7 Å². The van der Waals surface area contributed by atoms with Crippen molar-refractivity contribution in [3.05, 3.63) is 28.6 Å². The standard InChI is InChI=1S/C10H8F5NO2/c1-4-7(10(13,14)15)5(2-6(17)18)3-16-8(4)9(11)12/h3,9H,2H2,1H3,(H,17,18). The zero-order valence-electron chi connectivity index (χ0n) is 9.05. The van der Waals surface area contributed by atoms with Crippen LogP contribution in [0.4, 0.5) is 22.0 Å². The molecule has 0 spiro atoms. The maximum atomic E-state index is 12.7. The molecule has 0 bridgehead atoms. The van der Waals surface area contributed by atoms with Gasteiger partial charge in [-0.3, -0.25) is 9.78 Å². The lowest BCUT2D eigenvalue weighted by Gasteiger charge is -2.16. The van der Waals surface area contributed by atoms with Crippen LogP contribution in [-0.4, -0.2) is 16.1 Å². The summed E-state index contributed by atoms with van der Waals surface area (Å²) in [5, 5.41) is 8.48. The molecule has 8 heteroatoms. The van der Waals surface area contributed by atoms with Gasteiger partial charge < -0.3 is 5.11 Å². The van der Waals surface area contributed by atoms with Crippen molar-refractivity contribution in [3.63, 3.8) is 0 Å². The number of hydrogen-bond acceptors (Lipinski definition) is 2. The van der Waals surface area contributed by atoms with Crippen molar-refractivity contribution < 1.29 is 31.9 Å². The smallest absolute Gasteiger partial charge is 0.417 e. The zero-order valence-corrected chi connectivity index (χ0v) is 9.05. The van der Waals surface area contributed by atoms with Crippen LogP contribution in [0.2, 0.25) is 0 Å². The molecule has 1 aromatic heterocycles. The van der Waals surface area contributed by atoms with Crippen molar-refractivity contribution in [1.29, 1.82) is 0 Å². The topological polar surface area (TPSA) is 50.2 Å². The zero-order chi connectivity index (χ0) is 14.1. The van der Waals surface area contributed by atoms with Gasteiger partial charge in [-0.05, 0) is 18.1 Å². The molecule has 0 aromatic carbocycles. The van der Waals surface area contributed by atoms with E-state index in [4.69, 9.17) is 5.11 Å². The van der Waals surface area contributed by atoms with Crippen molar-refractivity contribution in [2.24, 2.45) is 0 Å². The Morgan fingerprint density at radius 2 is 2.00 bits per heavy atom. The number of rotatable bonds is 3. The maximum absolute atomic E-state index is 12.7. The van der Waals surface area contributed by atoms with E-state index in [1.807, 2.05) is 0 Å². The Labute approximate surface area is 98.3 Å². The van der Waals surface area contributed by atoms with E-state index >= 15 is 0 Å². The summed E-state index contributed by atoms with van der Waals surface area (Å²) in [5.41, 5.74) is -3.71. The first-order chi connectivity index (χ1) is 8.14. The SMILES string of the molecule is Cc1c(C(F)F)ncc(CC(=O)O)c1C(F)(F)F. The first-order valence-corrected chi connectivity index (χ1v) is 4.70. The van der Waals surface area contributed by atoms with Crippen LogP contribution in [0.1, 0.15) is 28.8 Å². The lowest BCUT2D eigenvalue weighted by molar-refractivity contribution is -0.140. The first kappa shape index (κ1) is 14.3. The highest BCUT2D eigenvalue weighted by molar-refractivity contribution is 5.71. The Bertz CT molecular complexity index is 470. The highest BCUT2D eigenvalue weighted by atomic mass is 19.4. The molecule has 1 heterocycles. The minimum absolute atomic E-state index is 0.533. The second-order valence-corrected chi connectivity index (χ2v) is 3.54. The molecule has 0 saturated carbocycles. The van der Waals surface area contributed by atoms with E-state index in [1.165, 1.54) is 0 Å². The summed E-state index contributed by atoms with van der Waals surface area (Å²) in [6, 6.07) is 0. The quantitative estimate of drug-likeness (QED) is 0.858. The second kappa shape index (κ2) is 4.87. The number of halogens is 5. The highest BCUT2D eigenvalue weighted by Gasteiger charge is 2.37. The van der Waals surface area contributed by atoms with E-state index in [0.29, 0.717) is 6.20 Å². The van der Waals surface area contributed by atoms with Crippen LogP contribution in [0.3, 0.4) is 0 Å². The summed E-state index contributed by atoms with van der Waals surface area (Å²) in [6.45, 7) is 0.850. The van der Waals surface area contributed by atoms with Crippen LogP contribution in [0.5, 0.6) is 0 Å². The predicted octanol–water partition coefficient (Wildman–Crippen LogP) is 2.97. The fourth-order valence-corrected chi connectivity index (χ4v) is 1.59. The second-order valence-electron chi connectivity index (χ2n) is 3.54. The molecule has 0 unspecified atom stereocenters. The summed E-state index contributed by atoms with van der Waals surface area (Å²) in [6.07, 6.45) is -8.44. The molecule has 18 heavy (non-hydrogen) atoms. The van der Waals surface area contributed by atoms with Crippen molar-refractivity contribution in [2.45, 2.75) is 25.9 Å². The molecule has 1 rings (SSSR count). The molecule has 100 valence electrons. The molecular formula is C10H8F5NO2. The average molecular weight is 269 g/mol. The van der Waals surface area contributed by atoms with E-state index < -0.39 is 47.4 Å². The Morgan fingerprint density at radius 3 is 2.39 bits per heavy atom. The number of carbonyl (C=O) groups is 1. The molecule has 0 amide bonds. The predicted molar refractivity (Wildman–Crippen MR) is 50.3 cm³/mol. The molecule has 0 saturated heterocycles. The van der Waals surface area contributed by atoms with Gasteiger partial charge in [0, 0.05) is 6.20 Å². The minimum Gasteiger partial charge on any atom is -0.481 e. The fraction of sp³-hybridized carbons (Fsp3) is 0.400. The number of pyridine rings is 1. The van der Waals surface area contributed by atoms with Crippen LogP contribution in [0.25, 0.3) is 0 Å². The van der Waals surface area contributed by atoms with Crippen molar-refractivity contribution >= 4 is 5.97 Å². The van der Waals surface area contributed by atoms with Crippen LogP contribution in [0, 0.1) is 6.92 Å². The molecule has 0 aliphatic carbocycles. The Morgan fingerprint density at radius 1 is 1.44 bits per heavy atom. The molecule has 0 atom stereocenters. The number of aliphatic carboxylic acids is 1. The molecule has 0 aliphatic rings. The fourth-order valence-electron chi connectivity index (χ4n) is 1.59. The number of nitrogens with zero attached hydrogens (tertiary/aromatic N) is 1. The maximum Gasteiger partial charge on any atom is 0.417 e. The third kappa shape index (κ3) is 2.93. The van der Waals surface area contributed by atoms with E-state index in [2.05, 4.69) is 4.98 Å². The molecule has 0 radical (unpaired) electrons. The number of hydrogen-bond donors (Lipinski definition) is 1. The van der Waals surface area contributed by atoms with Crippen molar-refractivity contribution in [2.75, 3.05) is 0 Å². The number of aromatic nitrogens is 1. The van der Waals surface area contributed by atoms with Gasteiger partial charge in [-0.2, -0.15) is 13.2 Å². The molecule has 1 N–H and O–H groups in total.